The summed E-state index contributed by atoms with van der Waals surface area (Å²) in [5.74, 6) is 0.864. The van der Waals surface area contributed by atoms with Crippen molar-refractivity contribution in [3.8, 4) is 5.75 Å². The average Bonchev–Trinajstić information content (AvgIpc) is 3.05. The predicted octanol–water partition coefficient (Wildman–Crippen LogP) is 4.12. The van der Waals surface area contributed by atoms with E-state index in [1.54, 1.807) is 18.9 Å². The van der Waals surface area contributed by atoms with E-state index in [4.69, 9.17) is 9.84 Å². The van der Waals surface area contributed by atoms with Crippen molar-refractivity contribution in [2.24, 2.45) is 10.1 Å². The summed E-state index contributed by atoms with van der Waals surface area (Å²) in [4.78, 5) is 4.69. The fraction of sp³-hybridized carbons (Fsp3) is 0.158. The standard InChI is InChI=1S/C19H17N3OS/c1-13-10-15(23-2)8-9-16(13)18-12-24-19-20-11-17(21-22(18)19)14-6-4-3-5-7-14/h3-10,12H,11H2,1-2H3. The van der Waals surface area contributed by atoms with Gasteiger partial charge in [-0.2, -0.15) is 5.10 Å². The zero-order chi connectivity index (χ0) is 16.5. The molecule has 4 nitrogen and oxygen atoms in total. The van der Waals surface area contributed by atoms with Gasteiger partial charge in [0.25, 0.3) is 0 Å². The van der Waals surface area contributed by atoms with Crippen molar-refractivity contribution < 1.29 is 4.74 Å². The molecular weight excluding hydrogens is 318 g/mol. The lowest BCUT2D eigenvalue weighted by Gasteiger charge is -2.23. The average molecular weight is 335 g/mol. The minimum Gasteiger partial charge on any atom is -0.497 e. The molecule has 0 saturated carbocycles. The van der Waals surface area contributed by atoms with Gasteiger partial charge >= 0.3 is 0 Å². The first-order valence-corrected chi connectivity index (χ1v) is 8.63. The lowest BCUT2D eigenvalue weighted by molar-refractivity contribution is 0.414. The number of aryl methyl sites for hydroxylation is 1. The number of hydrazone groups is 1. The highest BCUT2D eigenvalue weighted by Crippen LogP contribution is 2.37. The Morgan fingerprint density at radius 2 is 1.96 bits per heavy atom. The molecule has 0 aliphatic carbocycles. The number of ether oxygens (including phenoxy) is 1. The first-order valence-electron chi connectivity index (χ1n) is 7.75. The molecule has 2 heterocycles. The molecule has 24 heavy (non-hydrogen) atoms. The Morgan fingerprint density at radius 3 is 2.71 bits per heavy atom. The number of hydrogen-bond donors (Lipinski definition) is 0. The second-order valence-corrected chi connectivity index (χ2v) is 6.46. The highest BCUT2D eigenvalue weighted by atomic mass is 32.2. The Balaban J connectivity index is 1.70. The molecule has 2 aromatic carbocycles. The molecule has 2 aliphatic rings. The van der Waals surface area contributed by atoms with Crippen molar-refractivity contribution >= 4 is 28.3 Å². The minimum absolute atomic E-state index is 0.617. The van der Waals surface area contributed by atoms with E-state index in [1.165, 1.54) is 0 Å². The third-order valence-electron chi connectivity index (χ3n) is 4.09. The van der Waals surface area contributed by atoms with Crippen LogP contribution < -0.4 is 4.74 Å². The third-order valence-corrected chi connectivity index (χ3v) is 4.94. The van der Waals surface area contributed by atoms with E-state index in [9.17, 15) is 0 Å². The van der Waals surface area contributed by atoms with Crippen LogP contribution in [-0.2, 0) is 0 Å². The highest BCUT2D eigenvalue weighted by molar-refractivity contribution is 8.16. The highest BCUT2D eigenvalue weighted by Gasteiger charge is 2.28. The Morgan fingerprint density at radius 1 is 1.12 bits per heavy atom. The number of aliphatic imine (C=N–C) groups is 1. The van der Waals surface area contributed by atoms with Gasteiger partial charge in [-0.3, -0.25) is 4.99 Å². The SMILES string of the molecule is COc1ccc(C2=CSC3=NCC(c4ccccc4)=NN23)c(C)c1. The van der Waals surface area contributed by atoms with Crippen LogP contribution in [0.5, 0.6) is 5.75 Å². The summed E-state index contributed by atoms with van der Waals surface area (Å²) < 4.78 is 5.30. The summed E-state index contributed by atoms with van der Waals surface area (Å²) in [5.41, 5.74) is 5.46. The normalized spacial score (nSPS) is 16.2. The Hall–Kier alpha value is -2.53. The summed E-state index contributed by atoms with van der Waals surface area (Å²) in [6.07, 6.45) is 0. The maximum Gasteiger partial charge on any atom is 0.189 e. The summed E-state index contributed by atoms with van der Waals surface area (Å²) in [6.45, 7) is 2.70. The number of fused-ring (bicyclic) bond motifs is 1. The number of hydrogen-bond acceptors (Lipinski definition) is 5. The number of thioether (sulfide) groups is 1. The summed E-state index contributed by atoms with van der Waals surface area (Å²) in [7, 11) is 1.69. The molecule has 0 unspecified atom stereocenters. The van der Waals surface area contributed by atoms with Gasteiger partial charge in [-0.15, -0.1) is 0 Å². The van der Waals surface area contributed by atoms with Gasteiger partial charge in [0.05, 0.1) is 25.1 Å². The van der Waals surface area contributed by atoms with Crippen molar-refractivity contribution in [2.45, 2.75) is 6.92 Å². The van der Waals surface area contributed by atoms with Gasteiger partial charge < -0.3 is 4.74 Å². The number of rotatable bonds is 3. The van der Waals surface area contributed by atoms with Crippen LogP contribution in [0.25, 0.3) is 5.70 Å². The maximum absolute atomic E-state index is 5.30. The van der Waals surface area contributed by atoms with E-state index in [-0.39, 0.29) is 0 Å². The van der Waals surface area contributed by atoms with E-state index < -0.39 is 0 Å². The van der Waals surface area contributed by atoms with E-state index in [0.717, 1.165) is 39.0 Å². The lowest BCUT2D eigenvalue weighted by atomic mass is 10.1. The van der Waals surface area contributed by atoms with E-state index in [2.05, 4.69) is 35.5 Å². The largest absolute Gasteiger partial charge is 0.497 e. The van der Waals surface area contributed by atoms with Gasteiger partial charge in [-0.1, -0.05) is 42.1 Å². The van der Waals surface area contributed by atoms with Crippen LogP contribution in [0, 0.1) is 6.92 Å². The quantitative estimate of drug-likeness (QED) is 0.846. The monoisotopic (exact) mass is 335 g/mol. The van der Waals surface area contributed by atoms with Crippen LogP contribution >= 0.6 is 11.8 Å². The molecule has 2 aromatic rings. The molecule has 0 atom stereocenters. The van der Waals surface area contributed by atoms with Gasteiger partial charge in [0.15, 0.2) is 5.17 Å². The molecular formula is C19H17N3OS. The van der Waals surface area contributed by atoms with Gasteiger partial charge in [0.2, 0.25) is 0 Å². The molecule has 4 rings (SSSR count). The molecule has 0 radical (unpaired) electrons. The first kappa shape index (κ1) is 15.0. The minimum atomic E-state index is 0.617. The molecule has 0 amide bonds. The van der Waals surface area contributed by atoms with Crippen LogP contribution in [0.1, 0.15) is 16.7 Å². The molecule has 0 aromatic heterocycles. The summed E-state index contributed by atoms with van der Waals surface area (Å²) in [6, 6.07) is 16.3. The van der Waals surface area contributed by atoms with Crippen molar-refractivity contribution in [2.75, 3.05) is 13.7 Å². The fourth-order valence-electron chi connectivity index (χ4n) is 2.81. The molecule has 0 fully saturated rings. The number of amidine groups is 1. The first-order chi connectivity index (χ1) is 11.8. The molecule has 2 aliphatic heterocycles. The van der Waals surface area contributed by atoms with Gasteiger partial charge in [-0.05, 0) is 36.2 Å². The van der Waals surface area contributed by atoms with Crippen molar-refractivity contribution in [3.63, 3.8) is 0 Å². The van der Waals surface area contributed by atoms with Crippen LogP contribution in [0.4, 0.5) is 0 Å². The maximum atomic E-state index is 5.30. The zero-order valence-electron chi connectivity index (χ0n) is 13.6. The number of methoxy groups -OCH3 is 1. The summed E-state index contributed by atoms with van der Waals surface area (Å²) in [5, 5.41) is 9.85. The van der Waals surface area contributed by atoms with Gasteiger partial charge in [0.1, 0.15) is 5.75 Å². The smallest absolute Gasteiger partial charge is 0.189 e. The molecule has 5 heteroatoms. The van der Waals surface area contributed by atoms with Crippen LogP contribution in [-0.4, -0.2) is 29.5 Å². The molecule has 0 bridgehead atoms. The van der Waals surface area contributed by atoms with Gasteiger partial charge in [0, 0.05) is 11.0 Å². The predicted molar refractivity (Wildman–Crippen MR) is 100 cm³/mol. The van der Waals surface area contributed by atoms with Crippen molar-refractivity contribution in [1.29, 1.82) is 0 Å². The fourth-order valence-corrected chi connectivity index (χ4v) is 3.64. The van der Waals surface area contributed by atoms with Gasteiger partial charge in [-0.25, -0.2) is 5.01 Å². The zero-order valence-corrected chi connectivity index (χ0v) is 14.4. The van der Waals surface area contributed by atoms with E-state index in [0.29, 0.717) is 6.54 Å². The van der Waals surface area contributed by atoms with Crippen molar-refractivity contribution in [3.05, 3.63) is 70.6 Å². The van der Waals surface area contributed by atoms with Crippen LogP contribution in [0.2, 0.25) is 0 Å². The second-order valence-electron chi connectivity index (χ2n) is 5.63. The topological polar surface area (TPSA) is 37.2 Å². The Bertz CT molecular complexity index is 871. The molecule has 120 valence electrons. The number of benzene rings is 2. The Kier molecular flexibility index (Phi) is 3.86. The third kappa shape index (κ3) is 2.61. The van der Waals surface area contributed by atoms with E-state index in [1.807, 2.05) is 35.3 Å². The second kappa shape index (κ2) is 6.17. The van der Waals surface area contributed by atoms with Crippen LogP contribution in [0.15, 0.2) is 64.0 Å². The molecule has 0 saturated heterocycles. The van der Waals surface area contributed by atoms with Crippen LogP contribution in [0.3, 0.4) is 0 Å². The summed E-state index contributed by atoms with van der Waals surface area (Å²) >= 11 is 1.62. The number of nitrogens with zero attached hydrogens (tertiary/aromatic N) is 3. The lowest BCUT2D eigenvalue weighted by Crippen LogP contribution is -2.26. The molecule has 0 spiro atoms. The van der Waals surface area contributed by atoms with Crippen molar-refractivity contribution in [1.82, 2.24) is 5.01 Å². The Labute approximate surface area is 145 Å². The van der Waals surface area contributed by atoms with E-state index >= 15 is 0 Å². The molecule has 0 N–H and O–H groups in total.